The summed E-state index contributed by atoms with van der Waals surface area (Å²) in [5.41, 5.74) is 1.49. The zero-order valence-electron chi connectivity index (χ0n) is 12.9. The molecule has 0 atom stereocenters. The Labute approximate surface area is 145 Å². The van der Waals surface area contributed by atoms with Crippen LogP contribution in [-0.4, -0.2) is 21.7 Å². The van der Waals surface area contributed by atoms with Crippen LogP contribution in [0.3, 0.4) is 0 Å². The summed E-state index contributed by atoms with van der Waals surface area (Å²) in [7, 11) is 3.18. The number of nitrogens with zero attached hydrogens (tertiary/aromatic N) is 2. The van der Waals surface area contributed by atoms with Crippen LogP contribution in [0, 0.1) is 10.5 Å². The molecule has 0 unspecified atom stereocenters. The number of ether oxygens (including phenoxy) is 2. The van der Waals surface area contributed by atoms with Crippen molar-refractivity contribution in [3.05, 3.63) is 49.6 Å². The fourth-order valence-corrected chi connectivity index (χ4v) is 2.89. The second kappa shape index (κ2) is 6.19. The number of aromatic nitrogens is 3. The third-order valence-corrected chi connectivity index (χ3v) is 4.16. The van der Waals surface area contributed by atoms with E-state index in [0.29, 0.717) is 17.2 Å². The molecule has 2 heterocycles. The summed E-state index contributed by atoms with van der Waals surface area (Å²) in [4.78, 5) is 11.8. The Balaban J connectivity index is 1.89. The van der Waals surface area contributed by atoms with Gasteiger partial charge in [-0.15, -0.1) is 0 Å². The molecule has 0 bridgehead atoms. The second-order valence-corrected chi connectivity index (χ2v) is 6.31. The highest BCUT2D eigenvalue weighted by Crippen LogP contribution is 2.29. The Hall–Kier alpha value is -2.10. The van der Waals surface area contributed by atoms with E-state index in [0.717, 1.165) is 14.9 Å². The van der Waals surface area contributed by atoms with Gasteiger partial charge in [-0.05, 0) is 53.3 Å². The number of methoxy groups -OCH3 is 1. The van der Waals surface area contributed by atoms with E-state index in [9.17, 15) is 4.79 Å². The molecule has 2 aromatic heterocycles. The monoisotopic (exact) mass is 429 g/mol. The van der Waals surface area contributed by atoms with Crippen molar-refractivity contribution in [1.29, 1.82) is 0 Å². The van der Waals surface area contributed by atoms with Crippen molar-refractivity contribution >= 4 is 22.6 Å². The zero-order chi connectivity index (χ0) is 16.6. The van der Waals surface area contributed by atoms with Crippen molar-refractivity contribution in [2.75, 3.05) is 7.11 Å². The zero-order valence-corrected chi connectivity index (χ0v) is 15.1. The van der Waals surface area contributed by atoms with Gasteiger partial charge in [-0.1, -0.05) is 0 Å². The molecule has 7 nitrogen and oxygen atoms in total. The Bertz CT molecular complexity index is 887. The molecular formula is C15H16IN3O4. The van der Waals surface area contributed by atoms with Gasteiger partial charge in [-0.2, -0.15) is 4.68 Å². The van der Waals surface area contributed by atoms with Crippen LogP contribution < -0.4 is 15.2 Å². The molecular weight excluding hydrogens is 413 g/mol. The van der Waals surface area contributed by atoms with Crippen LogP contribution in [0.4, 0.5) is 0 Å². The highest BCUT2D eigenvalue weighted by molar-refractivity contribution is 14.1. The number of furan rings is 1. The Morgan fingerprint density at radius 2 is 2.13 bits per heavy atom. The van der Waals surface area contributed by atoms with Gasteiger partial charge >= 0.3 is 5.69 Å². The summed E-state index contributed by atoms with van der Waals surface area (Å²) in [5, 5.41) is 2.81. The van der Waals surface area contributed by atoms with E-state index in [1.54, 1.807) is 14.2 Å². The van der Waals surface area contributed by atoms with E-state index >= 15 is 0 Å². The van der Waals surface area contributed by atoms with E-state index in [4.69, 9.17) is 13.9 Å². The average molecular weight is 429 g/mol. The summed E-state index contributed by atoms with van der Waals surface area (Å²) in [6.45, 7) is 2.21. The van der Waals surface area contributed by atoms with Crippen LogP contribution in [0.25, 0.3) is 5.88 Å². The first-order valence-corrected chi connectivity index (χ1v) is 7.96. The molecule has 1 aromatic carbocycles. The number of hydrogen-bond donors (Lipinski definition) is 1. The molecule has 0 aliphatic rings. The van der Waals surface area contributed by atoms with Crippen LogP contribution >= 0.6 is 22.6 Å². The molecule has 0 fully saturated rings. The van der Waals surface area contributed by atoms with Crippen LogP contribution in [0.5, 0.6) is 11.5 Å². The molecule has 0 saturated heterocycles. The maximum atomic E-state index is 11.8. The van der Waals surface area contributed by atoms with Crippen LogP contribution in [-0.2, 0) is 13.7 Å². The van der Waals surface area contributed by atoms with E-state index in [-0.39, 0.29) is 12.3 Å². The number of rotatable bonds is 5. The topological polar surface area (TPSA) is 74.3 Å². The predicted octanol–water partition coefficient (Wildman–Crippen LogP) is 2.60. The first-order valence-electron chi connectivity index (χ1n) is 6.88. The summed E-state index contributed by atoms with van der Waals surface area (Å²) < 4.78 is 20.4. The van der Waals surface area contributed by atoms with E-state index < -0.39 is 0 Å². The van der Waals surface area contributed by atoms with Crippen molar-refractivity contribution in [3.63, 3.8) is 0 Å². The molecule has 3 aromatic rings. The Morgan fingerprint density at radius 1 is 1.35 bits per heavy atom. The van der Waals surface area contributed by atoms with Gasteiger partial charge in [0.2, 0.25) is 5.88 Å². The van der Waals surface area contributed by atoms with Crippen molar-refractivity contribution < 1.29 is 13.9 Å². The standard InChI is InChI=1S/C15H16IN3O4/c1-9-6-10(16)4-5-12(9)22-7-11-13(21-3)8-23-14(11)19-15(20)18(2)17-19/h4-6,8,17H,7H2,1-3H3. The normalized spacial score (nSPS) is 11.0. The van der Waals surface area contributed by atoms with Crippen molar-refractivity contribution in [1.82, 2.24) is 14.6 Å². The molecule has 0 amide bonds. The number of H-pyrrole nitrogens is 1. The van der Waals surface area contributed by atoms with Gasteiger partial charge in [0.1, 0.15) is 18.6 Å². The van der Waals surface area contributed by atoms with Gasteiger partial charge in [0.05, 0.1) is 12.7 Å². The lowest BCUT2D eigenvalue weighted by Gasteiger charge is -2.14. The SMILES string of the molecule is COc1coc(-n2[nH]n(C)c2=O)c1COc1ccc(I)cc1C. The largest absolute Gasteiger partial charge is 0.493 e. The first kappa shape index (κ1) is 15.8. The van der Waals surface area contributed by atoms with E-state index in [1.165, 1.54) is 15.6 Å². The van der Waals surface area contributed by atoms with E-state index in [2.05, 4.69) is 27.8 Å². The van der Waals surface area contributed by atoms with Crippen molar-refractivity contribution in [2.24, 2.45) is 7.05 Å². The van der Waals surface area contributed by atoms with Gasteiger partial charge in [0.25, 0.3) is 0 Å². The lowest BCUT2D eigenvalue weighted by molar-refractivity contribution is 0.292. The number of benzene rings is 1. The third kappa shape index (κ3) is 2.90. The Kier molecular flexibility index (Phi) is 4.24. The van der Waals surface area contributed by atoms with Gasteiger partial charge in [0, 0.05) is 10.6 Å². The lowest BCUT2D eigenvalue weighted by Crippen LogP contribution is -2.40. The van der Waals surface area contributed by atoms with Crippen LogP contribution in [0.15, 0.2) is 33.7 Å². The summed E-state index contributed by atoms with van der Waals surface area (Å²) >= 11 is 2.26. The fourth-order valence-electron chi connectivity index (χ4n) is 2.25. The number of aryl methyl sites for hydroxylation is 2. The van der Waals surface area contributed by atoms with Crippen molar-refractivity contribution in [3.8, 4) is 17.4 Å². The minimum atomic E-state index is -0.214. The molecule has 1 N–H and O–H groups in total. The number of halogens is 1. The molecule has 0 aliphatic heterocycles. The van der Waals surface area contributed by atoms with Crippen LogP contribution in [0.1, 0.15) is 11.1 Å². The summed E-state index contributed by atoms with van der Waals surface area (Å²) in [6, 6.07) is 5.94. The first-order chi connectivity index (χ1) is 11.0. The smallest absolute Gasteiger partial charge is 0.366 e. The Morgan fingerprint density at radius 3 is 2.74 bits per heavy atom. The number of nitrogens with one attached hydrogen (secondary N) is 1. The summed E-state index contributed by atoms with van der Waals surface area (Å²) in [5.74, 6) is 1.68. The van der Waals surface area contributed by atoms with Crippen LogP contribution in [0.2, 0.25) is 0 Å². The van der Waals surface area contributed by atoms with Gasteiger partial charge in [-0.25, -0.2) is 14.7 Å². The highest BCUT2D eigenvalue weighted by atomic mass is 127. The lowest BCUT2D eigenvalue weighted by atomic mass is 10.2. The van der Waals surface area contributed by atoms with Gasteiger partial charge in [0.15, 0.2) is 5.75 Å². The minimum absolute atomic E-state index is 0.214. The average Bonchev–Trinajstić information content (AvgIpc) is 2.93. The van der Waals surface area contributed by atoms with Crippen molar-refractivity contribution in [2.45, 2.75) is 13.5 Å². The maximum Gasteiger partial charge on any atom is 0.366 e. The molecule has 0 spiro atoms. The molecule has 23 heavy (non-hydrogen) atoms. The quantitative estimate of drug-likeness (QED) is 0.633. The molecule has 0 saturated carbocycles. The fraction of sp³-hybridized carbons (Fsp3) is 0.267. The predicted molar refractivity (Wildman–Crippen MR) is 92.4 cm³/mol. The highest BCUT2D eigenvalue weighted by Gasteiger charge is 2.21. The van der Waals surface area contributed by atoms with Gasteiger partial charge < -0.3 is 13.9 Å². The molecule has 0 aliphatic carbocycles. The molecule has 8 heteroatoms. The summed E-state index contributed by atoms with van der Waals surface area (Å²) in [6.07, 6.45) is 1.46. The molecule has 122 valence electrons. The number of hydrogen-bond acceptors (Lipinski definition) is 4. The number of aromatic amines is 1. The van der Waals surface area contributed by atoms with E-state index in [1.807, 2.05) is 25.1 Å². The second-order valence-electron chi connectivity index (χ2n) is 5.06. The van der Waals surface area contributed by atoms with Gasteiger partial charge in [-0.3, -0.25) is 0 Å². The molecule has 0 radical (unpaired) electrons. The minimum Gasteiger partial charge on any atom is -0.493 e. The maximum absolute atomic E-state index is 11.8. The molecule has 3 rings (SSSR count). The third-order valence-electron chi connectivity index (χ3n) is 3.49.